The second-order valence-electron chi connectivity index (χ2n) is 5.37. The van der Waals surface area contributed by atoms with Gasteiger partial charge in [0.25, 0.3) is 0 Å². The number of phosphoric ester groups is 1. The molecule has 0 amide bonds. The van der Waals surface area contributed by atoms with Crippen LogP contribution in [0.15, 0.2) is 0 Å². The standard InChI is InChI=1S/C11H24BO6P/c1-7(2)15-6-10-9(5-11(12)16-10)18-19(13,14)17-8(3)4/h7-11H,5-6,12H2,1-4H3,(H,13,14)/t9?,10-,11-/m1/s1. The summed E-state index contributed by atoms with van der Waals surface area (Å²) in [6, 6.07) is -0.0233. The van der Waals surface area contributed by atoms with Crippen LogP contribution in [0.1, 0.15) is 34.1 Å². The zero-order valence-corrected chi connectivity index (χ0v) is 13.1. The summed E-state index contributed by atoms with van der Waals surface area (Å²) in [7, 11) is -2.14. The largest absolute Gasteiger partial charge is 0.472 e. The third kappa shape index (κ3) is 6.38. The smallest absolute Gasteiger partial charge is 0.379 e. The molecule has 4 atom stereocenters. The van der Waals surface area contributed by atoms with Crippen molar-refractivity contribution in [2.45, 2.75) is 64.5 Å². The zero-order chi connectivity index (χ0) is 14.6. The Bertz CT molecular complexity index is 324. The third-order valence-corrected chi connectivity index (χ3v) is 3.82. The fraction of sp³-hybridized carbons (Fsp3) is 1.00. The lowest BCUT2D eigenvalue weighted by Gasteiger charge is -2.23. The first-order chi connectivity index (χ1) is 8.69. The fourth-order valence-corrected chi connectivity index (χ4v) is 3.07. The lowest BCUT2D eigenvalue weighted by atomic mass is 9.96. The SMILES string of the molecule is B[C@H]1CC(OP(=O)(O)OC(C)C)[C@@H](COC(C)C)O1. The van der Waals surface area contributed by atoms with Gasteiger partial charge in [-0.25, -0.2) is 4.57 Å². The Morgan fingerprint density at radius 3 is 2.53 bits per heavy atom. The van der Waals surface area contributed by atoms with Gasteiger partial charge in [0.05, 0.1) is 24.9 Å². The van der Waals surface area contributed by atoms with Gasteiger partial charge in [0.1, 0.15) is 14.0 Å². The Morgan fingerprint density at radius 2 is 2.00 bits per heavy atom. The van der Waals surface area contributed by atoms with E-state index < -0.39 is 13.9 Å². The van der Waals surface area contributed by atoms with E-state index in [4.69, 9.17) is 18.5 Å². The van der Waals surface area contributed by atoms with E-state index in [9.17, 15) is 9.46 Å². The lowest BCUT2D eigenvalue weighted by molar-refractivity contribution is -0.0482. The van der Waals surface area contributed by atoms with Crippen molar-refractivity contribution in [1.82, 2.24) is 0 Å². The molecule has 0 bridgehead atoms. The molecule has 6 nitrogen and oxygen atoms in total. The number of phosphoric acid groups is 1. The molecule has 0 spiro atoms. The van der Waals surface area contributed by atoms with Gasteiger partial charge in [0.2, 0.25) is 0 Å². The van der Waals surface area contributed by atoms with Gasteiger partial charge in [0, 0.05) is 6.00 Å². The Hall–Kier alpha value is 0.0949. The summed E-state index contributed by atoms with van der Waals surface area (Å²) in [4.78, 5) is 9.64. The van der Waals surface area contributed by atoms with Gasteiger partial charge in [0.15, 0.2) is 0 Å². The Kier molecular flexibility index (Phi) is 6.50. The first-order valence-corrected chi connectivity index (χ1v) is 8.16. The van der Waals surface area contributed by atoms with Crippen LogP contribution in [0.2, 0.25) is 0 Å². The minimum absolute atomic E-state index is 0.0233. The fourth-order valence-electron chi connectivity index (χ4n) is 1.93. The van der Waals surface area contributed by atoms with E-state index in [-0.39, 0.29) is 24.3 Å². The zero-order valence-electron chi connectivity index (χ0n) is 12.2. The summed E-state index contributed by atoms with van der Waals surface area (Å²) in [5, 5.41) is 0. The Balaban J connectivity index is 2.56. The lowest BCUT2D eigenvalue weighted by Crippen LogP contribution is -2.30. The van der Waals surface area contributed by atoms with Crippen molar-refractivity contribution in [2.24, 2.45) is 0 Å². The van der Waals surface area contributed by atoms with Crippen LogP contribution >= 0.6 is 7.82 Å². The number of ether oxygens (including phenoxy) is 2. The molecule has 1 aliphatic heterocycles. The van der Waals surface area contributed by atoms with Crippen LogP contribution < -0.4 is 0 Å². The molecule has 2 unspecified atom stereocenters. The van der Waals surface area contributed by atoms with Crippen LogP contribution in [-0.4, -0.2) is 49.8 Å². The molecular formula is C11H24BO6P. The molecule has 0 saturated carbocycles. The maximum absolute atomic E-state index is 11.8. The van der Waals surface area contributed by atoms with E-state index >= 15 is 0 Å². The molecule has 0 aromatic carbocycles. The van der Waals surface area contributed by atoms with Gasteiger partial charge in [-0.15, -0.1) is 0 Å². The maximum atomic E-state index is 11.8. The molecule has 8 heteroatoms. The topological polar surface area (TPSA) is 74.2 Å². The number of rotatable bonds is 7. The first-order valence-electron chi connectivity index (χ1n) is 6.66. The molecule has 112 valence electrons. The quantitative estimate of drug-likeness (QED) is 0.559. The minimum atomic E-state index is -4.04. The van der Waals surface area contributed by atoms with E-state index in [2.05, 4.69) is 0 Å². The van der Waals surface area contributed by atoms with Crippen LogP contribution in [-0.2, 0) is 23.1 Å². The summed E-state index contributed by atoms with van der Waals surface area (Å²) in [6.45, 7) is 7.55. The van der Waals surface area contributed by atoms with Gasteiger partial charge in [-0.2, -0.15) is 0 Å². The molecule has 1 fully saturated rings. The molecule has 0 aromatic heterocycles. The molecule has 1 N–H and O–H groups in total. The van der Waals surface area contributed by atoms with Crippen LogP contribution in [0.3, 0.4) is 0 Å². The van der Waals surface area contributed by atoms with Crippen molar-refractivity contribution < 1.29 is 28.0 Å². The molecule has 0 aliphatic carbocycles. The van der Waals surface area contributed by atoms with E-state index in [0.29, 0.717) is 13.0 Å². The van der Waals surface area contributed by atoms with Crippen LogP contribution in [0, 0.1) is 0 Å². The average Bonchev–Trinajstić information content (AvgIpc) is 2.52. The third-order valence-electron chi connectivity index (χ3n) is 2.59. The minimum Gasteiger partial charge on any atom is -0.379 e. The number of hydrogen-bond acceptors (Lipinski definition) is 5. The normalized spacial score (nSPS) is 31.0. The molecule has 1 rings (SSSR count). The molecule has 1 heterocycles. The first kappa shape index (κ1) is 17.1. The Morgan fingerprint density at radius 1 is 1.37 bits per heavy atom. The van der Waals surface area contributed by atoms with Crippen molar-refractivity contribution in [3.8, 4) is 0 Å². The highest BCUT2D eigenvalue weighted by molar-refractivity contribution is 7.47. The van der Waals surface area contributed by atoms with E-state index in [1.54, 1.807) is 13.8 Å². The van der Waals surface area contributed by atoms with Crippen molar-refractivity contribution in [1.29, 1.82) is 0 Å². The predicted octanol–water partition coefficient (Wildman–Crippen LogP) is 1.07. The monoisotopic (exact) mass is 294 g/mol. The summed E-state index contributed by atoms with van der Waals surface area (Å²) in [6.07, 6.45) is -0.566. The summed E-state index contributed by atoms with van der Waals surface area (Å²) in [5.74, 6) is 0. The molecule has 1 aliphatic rings. The molecule has 19 heavy (non-hydrogen) atoms. The number of hydrogen-bond donors (Lipinski definition) is 1. The average molecular weight is 294 g/mol. The van der Waals surface area contributed by atoms with E-state index in [1.165, 1.54) is 0 Å². The molecular weight excluding hydrogens is 270 g/mol. The van der Waals surface area contributed by atoms with Crippen molar-refractivity contribution in [3.63, 3.8) is 0 Å². The van der Waals surface area contributed by atoms with Gasteiger partial charge >= 0.3 is 7.82 Å². The van der Waals surface area contributed by atoms with Crippen LogP contribution in [0.5, 0.6) is 0 Å². The van der Waals surface area contributed by atoms with E-state index in [1.807, 2.05) is 21.7 Å². The maximum Gasteiger partial charge on any atom is 0.472 e. The van der Waals surface area contributed by atoms with Gasteiger partial charge in [-0.1, -0.05) is 0 Å². The highest BCUT2D eigenvalue weighted by Crippen LogP contribution is 2.48. The molecule has 0 aromatic rings. The van der Waals surface area contributed by atoms with Gasteiger partial charge < -0.3 is 14.4 Å². The van der Waals surface area contributed by atoms with Crippen LogP contribution in [0.4, 0.5) is 0 Å². The Labute approximate surface area is 115 Å². The summed E-state index contributed by atoms with van der Waals surface area (Å²) in [5.41, 5.74) is 0. The van der Waals surface area contributed by atoms with E-state index in [0.717, 1.165) is 0 Å². The van der Waals surface area contributed by atoms with Crippen LogP contribution in [0.25, 0.3) is 0 Å². The van der Waals surface area contributed by atoms with Crippen molar-refractivity contribution in [3.05, 3.63) is 0 Å². The second-order valence-corrected chi connectivity index (χ2v) is 6.73. The van der Waals surface area contributed by atoms with Gasteiger partial charge in [-0.05, 0) is 34.1 Å². The highest BCUT2D eigenvalue weighted by Gasteiger charge is 2.39. The van der Waals surface area contributed by atoms with Crippen molar-refractivity contribution in [2.75, 3.05) is 6.61 Å². The predicted molar refractivity (Wildman–Crippen MR) is 73.8 cm³/mol. The second kappa shape index (κ2) is 7.20. The highest BCUT2D eigenvalue weighted by atomic mass is 31.2. The molecule has 1 saturated heterocycles. The molecule has 0 radical (unpaired) electrons. The summed E-state index contributed by atoms with van der Waals surface area (Å²) < 4.78 is 33.0. The van der Waals surface area contributed by atoms with Crippen molar-refractivity contribution >= 4 is 15.7 Å². The van der Waals surface area contributed by atoms with Gasteiger partial charge in [-0.3, -0.25) is 9.05 Å². The summed E-state index contributed by atoms with van der Waals surface area (Å²) >= 11 is 0.